The van der Waals surface area contributed by atoms with Gasteiger partial charge in [-0.2, -0.15) is 0 Å². The molecule has 0 aliphatic heterocycles. The molecule has 11 rings (SSSR count). The van der Waals surface area contributed by atoms with E-state index in [0.29, 0.717) is 0 Å². The van der Waals surface area contributed by atoms with Crippen molar-refractivity contribution in [1.29, 1.82) is 0 Å². The summed E-state index contributed by atoms with van der Waals surface area (Å²) >= 11 is 3.39. The van der Waals surface area contributed by atoms with E-state index in [1.54, 1.807) is 22.7 Å². The predicted octanol–water partition coefficient (Wildman–Crippen LogP) is 12.3. The molecule has 0 radical (unpaired) electrons. The lowest BCUT2D eigenvalue weighted by molar-refractivity contribution is 0.662. The first-order valence-electron chi connectivity index (χ1n) is 15.2. The molecule has 0 aliphatic carbocycles. The number of benzene rings is 7. The third kappa shape index (κ3) is 3.27. The molecule has 0 amide bonds. The van der Waals surface area contributed by atoms with Crippen LogP contribution in [-0.4, -0.2) is 9.97 Å². The molecule has 0 fully saturated rings. The van der Waals surface area contributed by atoms with Gasteiger partial charge in [0.2, 0.25) is 0 Å². The van der Waals surface area contributed by atoms with Crippen molar-refractivity contribution >= 4 is 109 Å². The Hall–Kier alpha value is -5.56. The molecule has 0 N–H and O–H groups in total. The van der Waals surface area contributed by atoms with Crippen molar-refractivity contribution in [2.24, 2.45) is 0 Å². The molecule has 0 unspecified atom stereocenters. The second-order valence-corrected chi connectivity index (χ2v) is 13.7. The lowest BCUT2D eigenvalue weighted by Crippen LogP contribution is -1.91. The zero-order valence-electron chi connectivity index (χ0n) is 24.1. The molecule has 0 saturated heterocycles. The molecular formula is C40H20N2O2S2. The van der Waals surface area contributed by atoms with Gasteiger partial charge in [-0.15, -0.1) is 22.7 Å². The number of thiazole rings is 2. The third-order valence-corrected chi connectivity index (χ3v) is 11.3. The number of para-hydroxylation sites is 4. The highest BCUT2D eigenvalue weighted by atomic mass is 32.1. The number of hydrogen-bond acceptors (Lipinski definition) is 6. The van der Waals surface area contributed by atoms with Crippen LogP contribution in [0.3, 0.4) is 0 Å². The van der Waals surface area contributed by atoms with E-state index in [4.69, 9.17) is 18.8 Å². The number of hydrogen-bond donors (Lipinski definition) is 0. The van der Waals surface area contributed by atoms with Crippen molar-refractivity contribution in [3.05, 3.63) is 121 Å². The van der Waals surface area contributed by atoms with Gasteiger partial charge in [0, 0.05) is 32.3 Å². The molecule has 46 heavy (non-hydrogen) atoms. The summed E-state index contributed by atoms with van der Waals surface area (Å²) in [6, 6.07) is 42.2. The molecule has 0 saturated carbocycles. The van der Waals surface area contributed by atoms with Crippen LogP contribution in [0.1, 0.15) is 0 Å². The van der Waals surface area contributed by atoms with E-state index < -0.39 is 0 Å². The molecule has 4 aromatic heterocycles. The third-order valence-electron chi connectivity index (χ3n) is 9.13. The minimum atomic E-state index is 0.845. The van der Waals surface area contributed by atoms with E-state index in [2.05, 4.69) is 109 Å². The van der Waals surface area contributed by atoms with Crippen molar-refractivity contribution in [2.75, 3.05) is 0 Å². The van der Waals surface area contributed by atoms with Gasteiger partial charge >= 0.3 is 0 Å². The second kappa shape index (κ2) is 9.01. The zero-order valence-corrected chi connectivity index (χ0v) is 25.7. The maximum atomic E-state index is 6.87. The Balaban J connectivity index is 1.29. The normalized spacial score (nSPS) is 12.3. The van der Waals surface area contributed by atoms with Gasteiger partial charge in [0.05, 0.1) is 31.6 Å². The molecule has 0 aliphatic rings. The van der Waals surface area contributed by atoms with Crippen LogP contribution in [0.25, 0.3) is 107 Å². The van der Waals surface area contributed by atoms with E-state index in [0.717, 1.165) is 96.2 Å². The van der Waals surface area contributed by atoms with E-state index in [9.17, 15) is 0 Å². The summed E-state index contributed by atoms with van der Waals surface area (Å²) < 4.78 is 16.1. The van der Waals surface area contributed by atoms with Gasteiger partial charge < -0.3 is 8.83 Å². The molecule has 6 heteroatoms. The minimum absolute atomic E-state index is 0.845. The number of aromatic nitrogens is 2. The van der Waals surface area contributed by atoms with Crippen molar-refractivity contribution in [1.82, 2.24) is 9.97 Å². The molecular weight excluding hydrogens is 605 g/mol. The van der Waals surface area contributed by atoms with Gasteiger partial charge in [-0.25, -0.2) is 9.97 Å². The number of fused-ring (bicyclic) bond motifs is 8. The highest BCUT2D eigenvalue weighted by Gasteiger charge is 2.23. The fraction of sp³-hybridized carbons (Fsp3) is 0. The first-order chi connectivity index (χ1) is 22.8. The summed E-state index contributed by atoms with van der Waals surface area (Å²) in [6.45, 7) is 0. The van der Waals surface area contributed by atoms with Gasteiger partial charge in [-0.05, 0) is 59.3 Å². The lowest BCUT2D eigenvalue weighted by atomic mass is 9.89. The summed E-state index contributed by atoms with van der Waals surface area (Å²) in [5.74, 6) is 0. The monoisotopic (exact) mass is 624 g/mol. The smallest absolute Gasteiger partial charge is 0.145 e. The number of nitrogens with zero attached hydrogens (tertiary/aromatic N) is 2. The standard InChI is InChI=1S/C40H20N2O2S2/c1-3-19-31-27(15-1)41-39(45-31)25-13-5-11-23-33-21-9-8-18-30-36(21)34(22-10-7-17-29(35(22)33)43-37(23)25)24-12-6-14-26(38(24)44-30)40-42-28-16-2-4-20-32(28)46-40/h1-20H. The topological polar surface area (TPSA) is 52.1 Å². The quantitative estimate of drug-likeness (QED) is 0.142. The van der Waals surface area contributed by atoms with Crippen LogP contribution in [-0.2, 0) is 0 Å². The van der Waals surface area contributed by atoms with Gasteiger partial charge in [0.15, 0.2) is 0 Å². The minimum Gasteiger partial charge on any atom is -0.455 e. The van der Waals surface area contributed by atoms with Crippen molar-refractivity contribution in [3.63, 3.8) is 0 Å². The first kappa shape index (κ1) is 24.7. The van der Waals surface area contributed by atoms with Crippen molar-refractivity contribution in [3.8, 4) is 21.1 Å². The molecule has 214 valence electrons. The van der Waals surface area contributed by atoms with Crippen LogP contribution in [0, 0.1) is 0 Å². The molecule has 0 atom stereocenters. The van der Waals surface area contributed by atoms with Crippen LogP contribution in [0.5, 0.6) is 0 Å². The van der Waals surface area contributed by atoms with Crippen LogP contribution >= 0.6 is 22.7 Å². The Morgan fingerprint density at radius 3 is 1.30 bits per heavy atom. The van der Waals surface area contributed by atoms with Crippen LogP contribution in [0.15, 0.2) is 130 Å². The zero-order chi connectivity index (χ0) is 29.9. The summed E-state index contributed by atoms with van der Waals surface area (Å²) in [4.78, 5) is 9.99. The summed E-state index contributed by atoms with van der Waals surface area (Å²) in [6.07, 6.45) is 0. The fourth-order valence-electron chi connectivity index (χ4n) is 7.21. The van der Waals surface area contributed by atoms with Crippen molar-refractivity contribution in [2.45, 2.75) is 0 Å². The van der Waals surface area contributed by atoms with Crippen LogP contribution in [0.2, 0.25) is 0 Å². The van der Waals surface area contributed by atoms with Gasteiger partial charge in [0.1, 0.15) is 32.3 Å². The lowest BCUT2D eigenvalue weighted by Gasteiger charge is -2.18. The van der Waals surface area contributed by atoms with E-state index >= 15 is 0 Å². The molecule has 4 heterocycles. The molecule has 0 bridgehead atoms. The second-order valence-electron chi connectivity index (χ2n) is 11.6. The van der Waals surface area contributed by atoms with E-state index in [-0.39, 0.29) is 0 Å². The maximum Gasteiger partial charge on any atom is 0.145 e. The SMILES string of the molecule is c1ccc2sc(-c3cccc4c3oc3cccc5c3c4c3cccc4oc6c(-c7nc8ccccc8s7)cccc6c5c43)nc2c1. The first-order valence-corrected chi connectivity index (χ1v) is 16.8. The van der Waals surface area contributed by atoms with E-state index in [1.165, 1.54) is 10.8 Å². The summed E-state index contributed by atoms with van der Waals surface area (Å²) in [7, 11) is 0. The van der Waals surface area contributed by atoms with E-state index in [1.807, 2.05) is 12.1 Å². The average Bonchev–Trinajstić information content (AvgIpc) is 3.73. The predicted molar refractivity (Wildman–Crippen MR) is 193 cm³/mol. The Morgan fingerprint density at radius 1 is 0.391 bits per heavy atom. The Labute approximate surface area is 268 Å². The van der Waals surface area contributed by atoms with Gasteiger partial charge in [-0.3, -0.25) is 0 Å². The summed E-state index contributed by atoms with van der Waals surface area (Å²) in [5.41, 5.74) is 7.41. The van der Waals surface area contributed by atoms with Crippen molar-refractivity contribution < 1.29 is 8.83 Å². The Morgan fingerprint density at radius 2 is 0.826 bits per heavy atom. The largest absolute Gasteiger partial charge is 0.455 e. The Bertz CT molecular complexity index is 2780. The molecule has 7 aromatic carbocycles. The fourth-order valence-corrected chi connectivity index (χ4v) is 9.19. The molecule has 11 aromatic rings. The van der Waals surface area contributed by atoms with Crippen LogP contribution < -0.4 is 0 Å². The van der Waals surface area contributed by atoms with Crippen LogP contribution in [0.4, 0.5) is 0 Å². The highest BCUT2D eigenvalue weighted by Crippen LogP contribution is 2.48. The average molecular weight is 625 g/mol. The summed E-state index contributed by atoms with van der Waals surface area (Å²) in [5, 5.41) is 10.9. The Kier molecular flexibility index (Phi) is 4.84. The number of rotatable bonds is 2. The molecule has 0 spiro atoms. The highest BCUT2D eigenvalue weighted by molar-refractivity contribution is 7.22. The van der Waals surface area contributed by atoms with Gasteiger partial charge in [0.25, 0.3) is 0 Å². The van der Waals surface area contributed by atoms with Gasteiger partial charge in [-0.1, -0.05) is 72.8 Å². The maximum absolute atomic E-state index is 6.87. The molecule has 4 nitrogen and oxygen atoms in total.